The van der Waals surface area contributed by atoms with E-state index in [4.69, 9.17) is 16.3 Å². The fourth-order valence-corrected chi connectivity index (χ4v) is 3.13. The first-order chi connectivity index (χ1) is 11.6. The van der Waals surface area contributed by atoms with Crippen molar-refractivity contribution in [2.75, 3.05) is 0 Å². The molecule has 0 radical (unpaired) electrons. The van der Waals surface area contributed by atoms with Crippen LogP contribution in [0.3, 0.4) is 0 Å². The van der Waals surface area contributed by atoms with Gasteiger partial charge in [-0.15, -0.1) is 0 Å². The molecule has 132 valence electrons. The zero-order chi connectivity index (χ0) is 18.4. The zero-order valence-electron chi connectivity index (χ0n) is 11.9. The summed E-state index contributed by atoms with van der Waals surface area (Å²) < 4.78 is 80.5. The molecule has 0 atom stereocenters. The van der Waals surface area contributed by atoms with Gasteiger partial charge in [-0.1, -0.05) is 11.6 Å². The molecular weight excluding hydrogens is 388 g/mol. The fraction of sp³-hybridized carbons (Fsp3) is 0.0714. The molecule has 1 heterocycles. The lowest BCUT2D eigenvalue weighted by atomic mass is 10.2. The topological polar surface area (TPSA) is 72.1 Å². The number of hydrogen-bond acceptors (Lipinski definition) is 4. The molecule has 1 N–H and O–H groups in total. The number of ether oxygens (including phenoxy) is 1. The number of halogens is 5. The van der Waals surface area contributed by atoms with Crippen molar-refractivity contribution in [3.8, 4) is 11.5 Å². The van der Waals surface area contributed by atoms with Crippen LogP contribution in [-0.2, 0) is 9.84 Å². The molecule has 0 saturated heterocycles. The van der Waals surface area contributed by atoms with Crippen LogP contribution in [-0.4, -0.2) is 24.1 Å². The van der Waals surface area contributed by atoms with E-state index in [2.05, 4.69) is 10.2 Å². The number of nitrogens with zero attached hydrogens (tertiary/aromatic N) is 1. The van der Waals surface area contributed by atoms with E-state index in [1.807, 2.05) is 0 Å². The molecule has 0 aliphatic heterocycles. The maximum atomic E-state index is 13.5. The van der Waals surface area contributed by atoms with Crippen LogP contribution in [0.1, 0.15) is 0 Å². The van der Waals surface area contributed by atoms with E-state index in [9.17, 15) is 26.0 Å². The molecule has 2 aromatic carbocycles. The summed E-state index contributed by atoms with van der Waals surface area (Å²) in [5.74, 6) is -0.735. The highest BCUT2D eigenvalue weighted by Crippen LogP contribution is 2.38. The summed E-state index contributed by atoms with van der Waals surface area (Å²) >= 11 is 5.56. The molecule has 0 amide bonds. The molecular formula is C14H7ClF4N2O3S. The maximum absolute atomic E-state index is 13.5. The smallest absolute Gasteiger partial charge is 0.456 e. The summed E-state index contributed by atoms with van der Waals surface area (Å²) in [6.07, 6.45) is 1.10. The summed E-state index contributed by atoms with van der Waals surface area (Å²) in [7, 11) is -5.58. The van der Waals surface area contributed by atoms with Crippen molar-refractivity contribution in [2.24, 2.45) is 0 Å². The second kappa shape index (κ2) is 5.88. The lowest BCUT2D eigenvalue weighted by Crippen LogP contribution is -2.23. The van der Waals surface area contributed by atoms with Crippen LogP contribution in [0.2, 0.25) is 5.02 Å². The Morgan fingerprint density at radius 2 is 1.88 bits per heavy atom. The fourth-order valence-electron chi connectivity index (χ4n) is 2.09. The molecule has 3 aromatic rings. The monoisotopic (exact) mass is 394 g/mol. The van der Waals surface area contributed by atoms with Gasteiger partial charge in [0.25, 0.3) is 9.84 Å². The molecule has 25 heavy (non-hydrogen) atoms. The molecule has 3 rings (SSSR count). The van der Waals surface area contributed by atoms with Crippen LogP contribution in [0.5, 0.6) is 11.5 Å². The highest BCUT2D eigenvalue weighted by atomic mass is 35.5. The number of H-pyrrole nitrogens is 1. The molecule has 0 aliphatic carbocycles. The van der Waals surface area contributed by atoms with Crippen molar-refractivity contribution in [1.82, 2.24) is 10.2 Å². The minimum atomic E-state index is -5.58. The third-order valence-electron chi connectivity index (χ3n) is 3.25. The molecule has 5 nitrogen and oxygen atoms in total. The minimum absolute atomic E-state index is 0.00778. The van der Waals surface area contributed by atoms with Crippen molar-refractivity contribution in [1.29, 1.82) is 0 Å². The van der Waals surface area contributed by atoms with Crippen LogP contribution in [0.25, 0.3) is 10.9 Å². The number of nitrogens with one attached hydrogen (secondary N) is 1. The van der Waals surface area contributed by atoms with Gasteiger partial charge in [-0.05, 0) is 24.3 Å². The number of benzene rings is 2. The van der Waals surface area contributed by atoms with Gasteiger partial charge >= 0.3 is 5.51 Å². The quantitative estimate of drug-likeness (QED) is 0.666. The zero-order valence-corrected chi connectivity index (χ0v) is 13.5. The third kappa shape index (κ3) is 3.02. The molecule has 0 aliphatic rings. The molecule has 0 bridgehead atoms. The van der Waals surface area contributed by atoms with E-state index < -0.39 is 26.1 Å². The number of hydrogen-bond donors (Lipinski definition) is 1. The highest BCUT2D eigenvalue weighted by Gasteiger charge is 2.48. The Balaban J connectivity index is 2.10. The van der Waals surface area contributed by atoms with Crippen LogP contribution in [0.15, 0.2) is 41.4 Å². The minimum Gasteiger partial charge on any atom is -0.456 e. The third-order valence-corrected chi connectivity index (χ3v) is 5.09. The number of aromatic nitrogens is 2. The second-order valence-electron chi connectivity index (χ2n) is 4.85. The lowest BCUT2D eigenvalue weighted by Gasteiger charge is -2.11. The maximum Gasteiger partial charge on any atom is 0.501 e. The van der Waals surface area contributed by atoms with Crippen molar-refractivity contribution >= 4 is 32.3 Å². The first-order valence-corrected chi connectivity index (χ1v) is 8.38. The van der Waals surface area contributed by atoms with E-state index in [0.29, 0.717) is 0 Å². The van der Waals surface area contributed by atoms with E-state index in [0.717, 1.165) is 24.4 Å². The van der Waals surface area contributed by atoms with E-state index in [1.165, 1.54) is 12.1 Å². The standard InChI is InChI=1S/C14H7ClF4N2O3S/c15-9-2-1-7(5-10(9)16)24-11-3-4-12(13-8(11)6-20-21-13)25(22,23)14(17,18)19/h1-6H,(H,20,21). The molecule has 11 heteroatoms. The molecule has 0 unspecified atom stereocenters. The van der Waals surface area contributed by atoms with E-state index in [-0.39, 0.29) is 27.4 Å². The van der Waals surface area contributed by atoms with Gasteiger partial charge in [-0.25, -0.2) is 12.8 Å². The van der Waals surface area contributed by atoms with Crippen LogP contribution < -0.4 is 4.74 Å². The highest BCUT2D eigenvalue weighted by molar-refractivity contribution is 7.92. The van der Waals surface area contributed by atoms with Crippen LogP contribution in [0.4, 0.5) is 17.6 Å². The number of rotatable bonds is 3. The number of alkyl halides is 3. The molecule has 0 saturated carbocycles. The number of fused-ring (bicyclic) bond motifs is 1. The van der Waals surface area contributed by atoms with Crippen molar-refractivity contribution < 1.29 is 30.7 Å². The van der Waals surface area contributed by atoms with Crippen LogP contribution >= 0.6 is 11.6 Å². The average molecular weight is 395 g/mol. The van der Waals surface area contributed by atoms with Gasteiger partial charge in [0, 0.05) is 6.07 Å². The van der Waals surface area contributed by atoms with Crippen LogP contribution in [0, 0.1) is 5.82 Å². The SMILES string of the molecule is O=S(=O)(c1ccc(Oc2ccc(Cl)c(F)c2)c2cn[nH]c12)C(F)(F)F. The Labute approximate surface area is 143 Å². The van der Waals surface area contributed by atoms with Gasteiger partial charge in [-0.3, -0.25) is 5.10 Å². The van der Waals surface area contributed by atoms with Gasteiger partial charge in [0.2, 0.25) is 0 Å². The van der Waals surface area contributed by atoms with Crippen molar-refractivity contribution in [3.05, 3.63) is 47.4 Å². The predicted octanol–water partition coefficient (Wildman–Crippen LogP) is 4.44. The van der Waals surface area contributed by atoms with Gasteiger partial charge in [-0.2, -0.15) is 18.3 Å². The van der Waals surface area contributed by atoms with E-state index in [1.54, 1.807) is 0 Å². The summed E-state index contributed by atoms with van der Waals surface area (Å²) in [6, 6.07) is 5.33. The first-order valence-electron chi connectivity index (χ1n) is 6.51. The molecule has 0 spiro atoms. The normalized spacial score (nSPS) is 12.5. The summed E-state index contributed by atoms with van der Waals surface area (Å²) in [5.41, 5.74) is -5.84. The number of aromatic amines is 1. The predicted molar refractivity (Wildman–Crippen MR) is 80.8 cm³/mol. The Kier molecular flexibility index (Phi) is 4.12. The Bertz CT molecular complexity index is 1060. The summed E-state index contributed by atoms with van der Waals surface area (Å²) in [6.45, 7) is 0. The lowest BCUT2D eigenvalue weighted by molar-refractivity contribution is -0.0435. The van der Waals surface area contributed by atoms with Crippen molar-refractivity contribution in [3.63, 3.8) is 0 Å². The number of sulfone groups is 1. The van der Waals surface area contributed by atoms with Gasteiger partial charge in [0.15, 0.2) is 0 Å². The molecule has 1 aromatic heterocycles. The Morgan fingerprint density at radius 1 is 1.16 bits per heavy atom. The van der Waals surface area contributed by atoms with E-state index >= 15 is 0 Å². The average Bonchev–Trinajstić information content (AvgIpc) is 2.99. The second-order valence-corrected chi connectivity index (χ2v) is 7.16. The van der Waals surface area contributed by atoms with Crippen molar-refractivity contribution in [2.45, 2.75) is 10.4 Å². The first kappa shape index (κ1) is 17.5. The van der Waals surface area contributed by atoms with Gasteiger partial charge < -0.3 is 4.74 Å². The summed E-state index contributed by atoms with van der Waals surface area (Å²) in [5, 5.41) is 5.62. The molecule has 0 fully saturated rings. The Morgan fingerprint density at radius 3 is 2.52 bits per heavy atom. The van der Waals surface area contributed by atoms with Gasteiger partial charge in [0.05, 0.1) is 22.1 Å². The van der Waals surface area contributed by atoms with Gasteiger partial charge in [0.1, 0.15) is 22.2 Å². The Hall–Kier alpha value is -2.33. The summed E-state index contributed by atoms with van der Waals surface area (Å²) in [4.78, 5) is -0.984. The largest absolute Gasteiger partial charge is 0.501 e.